The zero-order chi connectivity index (χ0) is 19.9. The molecule has 2 bridgehead atoms. The number of fused-ring (bicyclic) bond motifs is 2. The second-order valence-corrected chi connectivity index (χ2v) is 9.27. The van der Waals surface area contributed by atoms with Crippen LogP contribution in [0.1, 0.15) is 71.6 Å². The van der Waals surface area contributed by atoms with Crippen molar-refractivity contribution in [2.24, 2.45) is 11.8 Å². The first-order valence-electron chi connectivity index (χ1n) is 11.1. The second-order valence-electron chi connectivity index (χ2n) is 9.27. The lowest BCUT2D eigenvalue weighted by molar-refractivity contribution is -0.290. The predicted octanol–water partition coefficient (Wildman–Crippen LogP) is 3.43. The monoisotopic (exact) mass is 390 g/mol. The van der Waals surface area contributed by atoms with Gasteiger partial charge in [-0.2, -0.15) is 0 Å². The Hall–Kier alpha value is -1.17. The molecule has 5 heteroatoms. The summed E-state index contributed by atoms with van der Waals surface area (Å²) in [4.78, 5) is 13.0. The molecule has 0 unspecified atom stereocenters. The third-order valence-corrected chi connectivity index (χ3v) is 7.36. The molecule has 3 aliphatic heterocycles. The van der Waals surface area contributed by atoms with Gasteiger partial charge in [0.2, 0.25) is 0 Å². The maximum atomic E-state index is 13.0. The van der Waals surface area contributed by atoms with Crippen LogP contribution in [-0.4, -0.2) is 45.7 Å². The highest BCUT2D eigenvalue weighted by Gasteiger charge is 2.74. The topological polar surface area (TPSA) is 76.0 Å². The number of esters is 1. The summed E-state index contributed by atoms with van der Waals surface area (Å²) in [5.74, 6) is -0.668. The Morgan fingerprint density at radius 1 is 1.21 bits per heavy atom. The first-order valence-corrected chi connectivity index (χ1v) is 11.1. The van der Waals surface area contributed by atoms with E-state index < -0.39 is 29.4 Å². The van der Waals surface area contributed by atoms with Gasteiger partial charge in [0.25, 0.3) is 0 Å². The fourth-order valence-electron chi connectivity index (χ4n) is 5.95. The lowest BCUT2D eigenvalue weighted by Gasteiger charge is -2.60. The van der Waals surface area contributed by atoms with Gasteiger partial charge in [0.05, 0.1) is 18.3 Å². The summed E-state index contributed by atoms with van der Waals surface area (Å²) in [7, 11) is 0. The Labute approximate surface area is 167 Å². The van der Waals surface area contributed by atoms with Crippen molar-refractivity contribution in [2.45, 2.75) is 101 Å². The van der Waals surface area contributed by atoms with Crippen LogP contribution in [0, 0.1) is 11.8 Å². The van der Waals surface area contributed by atoms with E-state index in [1.54, 1.807) is 0 Å². The zero-order valence-corrected chi connectivity index (χ0v) is 17.1. The number of aliphatic hydroxyl groups is 2. The van der Waals surface area contributed by atoms with E-state index in [2.05, 4.69) is 19.1 Å². The Bertz CT molecular complexity index is 670. The molecule has 2 saturated carbocycles. The first-order chi connectivity index (χ1) is 13.4. The lowest BCUT2D eigenvalue weighted by atomic mass is 9.57. The summed E-state index contributed by atoms with van der Waals surface area (Å²) in [6, 6.07) is 0. The number of unbranched alkanes of at least 4 members (excludes halogenated alkanes) is 5. The summed E-state index contributed by atoms with van der Waals surface area (Å²) in [5, 5.41) is 21.1. The standard InChI is InChI=1S/C23H34O5/c1-3-4-5-6-7-8-9-10-19-15(2)11-18-17-12-16(24)13-22(17)14-20(25)23(18,27-19)21(26)28-22/h9-11,16-20,24-25H,3-8,12-14H2,1-2H3/b10-9+/t16-,17-,18-,19-,20-,22-,23+/m1/s1. The molecule has 28 heavy (non-hydrogen) atoms. The molecular formula is C23H34O5. The van der Waals surface area contributed by atoms with Crippen LogP contribution in [0.15, 0.2) is 23.8 Å². The molecule has 5 nitrogen and oxygen atoms in total. The summed E-state index contributed by atoms with van der Waals surface area (Å²) >= 11 is 0. The van der Waals surface area contributed by atoms with Gasteiger partial charge in [0.15, 0.2) is 5.60 Å². The quantitative estimate of drug-likeness (QED) is 0.396. The van der Waals surface area contributed by atoms with Crippen molar-refractivity contribution >= 4 is 5.97 Å². The number of carbonyl (C=O) groups excluding carboxylic acids is 1. The van der Waals surface area contributed by atoms with Crippen molar-refractivity contribution in [1.82, 2.24) is 0 Å². The van der Waals surface area contributed by atoms with E-state index in [1.165, 1.54) is 25.7 Å². The van der Waals surface area contributed by atoms with Crippen LogP contribution in [0.3, 0.4) is 0 Å². The fraction of sp³-hybridized carbons (Fsp3) is 0.783. The van der Waals surface area contributed by atoms with Gasteiger partial charge in [-0.25, -0.2) is 4.79 Å². The van der Waals surface area contributed by atoms with Gasteiger partial charge < -0.3 is 19.7 Å². The number of aliphatic hydroxyl groups excluding tert-OH is 2. The van der Waals surface area contributed by atoms with E-state index in [0.29, 0.717) is 19.3 Å². The van der Waals surface area contributed by atoms with Crippen molar-refractivity contribution < 1.29 is 24.5 Å². The first kappa shape index (κ1) is 20.1. The highest BCUT2D eigenvalue weighted by Crippen LogP contribution is 2.61. The van der Waals surface area contributed by atoms with Gasteiger partial charge in [-0.1, -0.05) is 50.8 Å². The van der Waals surface area contributed by atoms with Crippen molar-refractivity contribution in [1.29, 1.82) is 0 Å². The van der Waals surface area contributed by atoms with Gasteiger partial charge in [-0.05, 0) is 31.8 Å². The average Bonchev–Trinajstić information content (AvgIpc) is 2.96. The predicted molar refractivity (Wildman–Crippen MR) is 106 cm³/mol. The summed E-state index contributed by atoms with van der Waals surface area (Å²) in [6.07, 6.45) is 13.2. The highest BCUT2D eigenvalue weighted by atomic mass is 16.6. The lowest BCUT2D eigenvalue weighted by Crippen LogP contribution is -2.75. The summed E-state index contributed by atoms with van der Waals surface area (Å²) in [5.41, 5.74) is -0.989. The molecule has 3 heterocycles. The second kappa shape index (κ2) is 7.58. The molecule has 0 aromatic heterocycles. The number of carbonyl (C=O) groups is 1. The molecule has 0 aromatic rings. The smallest absolute Gasteiger partial charge is 0.342 e. The summed E-state index contributed by atoms with van der Waals surface area (Å²) in [6.45, 7) is 4.25. The minimum absolute atomic E-state index is 0.0158. The van der Waals surface area contributed by atoms with E-state index in [0.717, 1.165) is 18.4 Å². The fourth-order valence-corrected chi connectivity index (χ4v) is 5.95. The van der Waals surface area contributed by atoms with Gasteiger partial charge in [-0.3, -0.25) is 0 Å². The largest absolute Gasteiger partial charge is 0.456 e. The van der Waals surface area contributed by atoms with Crippen molar-refractivity contribution in [2.75, 3.05) is 0 Å². The molecule has 2 spiro atoms. The Morgan fingerprint density at radius 2 is 2.00 bits per heavy atom. The van der Waals surface area contributed by atoms with Gasteiger partial charge in [-0.15, -0.1) is 0 Å². The molecule has 0 radical (unpaired) electrons. The molecule has 2 saturated heterocycles. The van der Waals surface area contributed by atoms with Gasteiger partial charge in [0, 0.05) is 24.7 Å². The molecule has 7 atom stereocenters. The van der Waals surface area contributed by atoms with Gasteiger partial charge in [0.1, 0.15) is 5.60 Å². The third-order valence-electron chi connectivity index (χ3n) is 7.36. The molecule has 5 rings (SSSR count). The molecular weight excluding hydrogens is 356 g/mol. The third kappa shape index (κ3) is 3.06. The molecule has 5 aliphatic rings. The maximum absolute atomic E-state index is 13.0. The van der Waals surface area contributed by atoms with Crippen molar-refractivity contribution in [3.05, 3.63) is 23.8 Å². The number of rotatable bonds is 7. The van der Waals surface area contributed by atoms with Crippen LogP contribution in [-0.2, 0) is 14.3 Å². The molecule has 0 amide bonds. The van der Waals surface area contributed by atoms with Crippen LogP contribution in [0.2, 0.25) is 0 Å². The van der Waals surface area contributed by atoms with Crippen LogP contribution in [0.5, 0.6) is 0 Å². The number of ether oxygens (including phenoxy) is 2. The summed E-state index contributed by atoms with van der Waals surface area (Å²) < 4.78 is 12.2. The number of hydrogen-bond donors (Lipinski definition) is 2. The minimum Gasteiger partial charge on any atom is -0.456 e. The minimum atomic E-state index is -1.33. The van der Waals surface area contributed by atoms with E-state index in [9.17, 15) is 15.0 Å². The van der Waals surface area contributed by atoms with E-state index in [1.807, 2.05) is 13.0 Å². The number of hydrogen-bond acceptors (Lipinski definition) is 5. The van der Waals surface area contributed by atoms with Crippen LogP contribution >= 0.6 is 0 Å². The van der Waals surface area contributed by atoms with Crippen LogP contribution in [0.4, 0.5) is 0 Å². The van der Waals surface area contributed by atoms with Crippen LogP contribution < -0.4 is 0 Å². The average molecular weight is 391 g/mol. The zero-order valence-electron chi connectivity index (χ0n) is 17.1. The van der Waals surface area contributed by atoms with E-state index >= 15 is 0 Å². The van der Waals surface area contributed by atoms with E-state index in [4.69, 9.17) is 9.47 Å². The SMILES string of the molecule is CCCCCCC/C=C/[C@H]1O[C@@]23C(=O)O[C@]4(C[C@H](O)C[C@@H]4[C@H]2C=C1C)C[C@H]3O. The normalized spacial score (nSPS) is 44.4. The molecule has 0 aromatic carbocycles. The van der Waals surface area contributed by atoms with Crippen LogP contribution in [0.25, 0.3) is 0 Å². The Kier molecular flexibility index (Phi) is 5.45. The molecule has 4 fully saturated rings. The highest BCUT2D eigenvalue weighted by molar-refractivity contribution is 5.85. The van der Waals surface area contributed by atoms with Crippen molar-refractivity contribution in [3.8, 4) is 0 Å². The Balaban J connectivity index is 1.51. The molecule has 2 N–H and O–H groups in total. The van der Waals surface area contributed by atoms with Gasteiger partial charge >= 0.3 is 5.97 Å². The molecule has 156 valence electrons. The number of allylic oxidation sites excluding steroid dienone is 1. The Morgan fingerprint density at radius 3 is 2.75 bits per heavy atom. The van der Waals surface area contributed by atoms with Crippen molar-refractivity contribution in [3.63, 3.8) is 0 Å². The maximum Gasteiger partial charge on any atom is 0.342 e. The van der Waals surface area contributed by atoms with E-state index in [-0.39, 0.29) is 17.9 Å². The molecule has 2 aliphatic carbocycles.